The van der Waals surface area contributed by atoms with Crippen molar-refractivity contribution >= 4 is 29.4 Å². The largest absolute Gasteiger partial charge is 0.273 e. The second kappa shape index (κ2) is 8.17. The van der Waals surface area contributed by atoms with Crippen LogP contribution in [-0.4, -0.2) is 37.7 Å². The number of hydrazine groups is 1. The van der Waals surface area contributed by atoms with Crippen molar-refractivity contribution in [2.75, 3.05) is 6.26 Å². The molecule has 2 amide bonds. The maximum absolute atomic E-state index is 12.3. The third-order valence-corrected chi connectivity index (χ3v) is 4.64. The summed E-state index contributed by atoms with van der Waals surface area (Å²) in [6.07, 6.45) is 2.17. The third kappa shape index (κ3) is 4.43. The van der Waals surface area contributed by atoms with Crippen molar-refractivity contribution in [3.05, 3.63) is 52.8 Å². The second-order valence-electron chi connectivity index (χ2n) is 6.01. The molecule has 0 unspecified atom stereocenters. The molecule has 9 heteroatoms. The van der Waals surface area contributed by atoms with Gasteiger partial charge in [0, 0.05) is 17.0 Å². The van der Waals surface area contributed by atoms with Crippen LogP contribution in [0.25, 0.3) is 5.78 Å². The van der Waals surface area contributed by atoms with E-state index in [1.807, 2.05) is 50.4 Å². The second-order valence-corrected chi connectivity index (χ2v) is 6.78. The number of benzene rings is 1. The Morgan fingerprint density at radius 2 is 1.70 bits per heavy atom. The van der Waals surface area contributed by atoms with E-state index in [1.54, 1.807) is 4.52 Å². The Hall–Kier alpha value is -2.94. The molecular weight excluding hydrogens is 364 g/mol. The van der Waals surface area contributed by atoms with Crippen LogP contribution in [-0.2, 0) is 22.4 Å². The minimum atomic E-state index is -0.325. The summed E-state index contributed by atoms with van der Waals surface area (Å²) in [5.41, 5.74) is 8.05. The van der Waals surface area contributed by atoms with Gasteiger partial charge < -0.3 is 0 Å². The maximum Gasteiger partial charge on any atom is 0.253 e. The summed E-state index contributed by atoms with van der Waals surface area (Å²) in [7, 11) is 0. The summed E-state index contributed by atoms with van der Waals surface area (Å²) in [5.74, 6) is -0.0962. The minimum absolute atomic E-state index is 0.0840. The van der Waals surface area contributed by atoms with Gasteiger partial charge in [-0.15, -0.1) is 5.10 Å². The number of nitrogens with one attached hydrogen (secondary N) is 2. The molecule has 140 valence electrons. The fourth-order valence-electron chi connectivity index (χ4n) is 2.70. The molecule has 2 heterocycles. The lowest BCUT2D eigenvalue weighted by Gasteiger charge is -2.11. The first-order chi connectivity index (χ1) is 13.0. The number of rotatable bonds is 5. The fourth-order valence-corrected chi connectivity index (χ4v) is 3.04. The lowest BCUT2D eigenvalue weighted by Crippen LogP contribution is -2.43. The molecule has 0 bridgehead atoms. The average Bonchev–Trinajstić information content (AvgIpc) is 3.07. The van der Waals surface area contributed by atoms with Gasteiger partial charge in [-0.3, -0.25) is 20.4 Å². The van der Waals surface area contributed by atoms with Crippen molar-refractivity contribution in [2.24, 2.45) is 0 Å². The van der Waals surface area contributed by atoms with Crippen molar-refractivity contribution in [3.8, 4) is 0 Å². The zero-order valence-electron chi connectivity index (χ0n) is 15.3. The molecule has 0 aliphatic carbocycles. The standard InChI is InChI=1S/C18H20N6O2S/c1-11-14(12(2)24-17(19-11)20-18(23-24)27-3)10-16(26)22-21-15(25)9-13-7-5-4-6-8-13/h4-8H,9-10H2,1-3H3,(H,21,25)(H,22,26). The molecular formula is C18H20N6O2S. The number of amides is 2. The molecule has 3 rings (SSSR count). The van der Waals surface area contributed by atoms with E-state index >= 15 is 0 Å². The number of aromatic nitrogens is 4. The monoisotopic (exact) mass is 384 g/mol. The van der Waals surface area contributed by atoms with Gasteiger partial charge in [-0.05, 0) is 25.7 Å². The van der Waals surface area contributed by atoms with E-state index in [4.69, 9.17) is 0 Å². The Bertz CT molecular complexity index is 986. The highest BCUT2D eigenvalue weighted by Gasteiger charge is 2.16. The number of thioether (sulfide) groups is 1. The Balaban J connectivity index is 1.64. The van der Waals surface area contributed by atoms with Crippen molar-refractivity contribution < 1.29 is 9.59 Å². The third-order valence-electron chi connectivity index (χ3n) is 4.10. The zero-order valence-corrected chi connectivity index (χ0v) is 16.1. The minimum Gasteiger partial charge on any atom is -0.273 e. The molecule has 0 saturated heterocycles. The summed E-state index contributed by atoms with van der Waals surface area (Å²) in [4.78, 5) is 33.0. The van der Waals surface area contributed by atoms with E-state index in [2.05, 4.69) is 25.9 Å². The van der Waals surface area contributed by atoms with Crippen LogP contribution < -0.4 is 10.9 Å². The van der Waals surface area contributed by atoms with E-state index < -0.39 is 0 Å². The molecule has 27 heavy (non-hydrogen) atoms. The Morgan fingerprint density at radius 1 is 1.04 bits per heavy atom. The highest BCUT2D eigenvalue weighted by Crippen LogP contribution is 2.17. The molecule has 2 aromatic heterocycles. The molecule has 2 N–H and O–H groups in total. The Morgan fingerprint density at radius 3 is 2.37 bits per heavy atom. The van der Waals surface area contributed by atoms with Crippen LogP contribution in [0.2, 0.25) is 0 Å². The van der Waals surface area contributed by atoms with E-state index in [1.165, 1.54) is 11.8 Å². The Kier molecular flexibility index (Phi) is 5.70. The van der Waals surface area contributed by atoms with Crippen molar-refractivity contribution in [1.82, 2.24) is 30.4 Å². The predicted octanol–water partition coefficient (Wildman–Crippen LogP) is 1.40. The van der Waals surface area contributed by atoms with Crippen LogP contribution in [0.1, 0.15) is 22.5 Å². The van der Waals surface area contributed by atoms with Crippen LogP contribution in [0.5, 0.6) is 0 Å². The summed E-state index contributed by atoms with van der Waals surface area (Å²) in [6.45, 7) is 3.70. The highest BCUT2D eigenvalue weighted by molar-refractivity contribution is 7.98. The number of carbonyl (C=O) groups excluding carboxylic acids is 2. The van der Waals surface area contributed by atoms with Gasteiger partial charge in [0.25, 0.3) is 5.78 Å². The number of nitrogens with zero attached hydrogens (tertiary/aromatic N) is 4. The predicted molar refractivity (Wildman–Crippen MR) is 102 cm³/mol. The number of fused-ring (bicyclic) bond motifs is 1. The van der Waals surface area contributed by atoms with Gasteiger partial charge in [-0.1, -0.05) is 42.1 Å². The number of hydrogen-bond donors (Lipinski definition) is 2. The number of aryl methyl sites for hydroxylation is 2. The Labute approximate surface area is 160 Å². The first-order valence-electron chi connectivity index (χ1n) is 8.36. The van der Waals surface area contributed by atoms with Crippen LogP contribution >= 0.6 is 11.8 Å². The van der Waals surface area contributed by atoms with Crippen molar-refractivity contribution in [1.29, 1.82) is 0 Å². The van der Waals surface area contributed by atoms with Crippen molar-refractivity contribution in [3.63, 3.8) is 0 Å². The quantitative estimate of drug-likeness (QED) is 0.509. The lowest BCUT2D eigenvalue weighted by atomic mass is 10.1. The van der Waals surface area contributed by atoms with Gasteiger partial charge in [0.1, 0.15) is 0 Å². The molecule has 0 radical (unpaired) electrons. The first kappa shape index (κ1) is 18.8. The maximum atomic E-state index is 12.3. The van der Waals surface area contributed by atoms with Crippen molar-refractivity contribution in [2.45, 2.75) is 31.8 Å². The van der Waals surface area contributed by atoms with Crippen LogP contribution in [0, 0.1) is 13.8 Å². The molecule has 0 saturated carbocycles. The molecule has 0 spiro atoms. The topological polar surface area (TPSA) is 101 Å². The molecule has 8 nitrogen and oxygen atoms in total. The first-order valence-corrected chi connectivity index (χ1v) is 9.59. The van der Waals surface area contributed by atoms with E-state index in [0.717, 1.165) is 16.8 Å². The summed E-state index contributed by atoms with van der Waals surface area (Å²) in [5, 5.41) is 4.99. The van der Waals surface area contributed by atoms with Gasteiger partial charge in [0.15, 0.2) is 0 Å². The molecule has 1 aromatic carbocycles. The smallest absolute Gasteiger partial charge is 0.253 e. The van der Waals surface area contributed by atoms with Crippen LogP contribution in [0.15, 0.2) is 35.5 Å². The molecule has 0 atom stereocenters. The molecule has 0 aliphatic rings. The van der Waals surface area contributed by atoms with Gasteiger partial charge in [0.05, 0.1) is 12.8 Å². The number of carbonyl (C=O) groups is 2. The zero-order chi connectivity index (χ0) is 19.4. The highest BCUT2D eigenvalue weighted by atomic mass is 32.2. The molecule has 3 aromatic rings. The van der Waals surface area contributed by atoms with Gasteiger partial charge in [-0.25, -0.2) is 9.50 Å². The lowest BCUT2D eigenvalue weighted by molar-refractivity contribution is -0.128. The molecule has 0 aliphatic heterocycles. The van der Waals surface area contributed by atoms with E-state index in [-0.39, 0.29) is 24.7 Å². The van der Waals surface area contributed by atoms with Crippen LogP contribution in [0.4, 0.5) is 0 Å². The summed E-state index contributed by atoms with van der Waals surface area (Å²) < 4.78 is 1.63. The fraction of sp³-hybridized carbons (Fsp3) is 0.278. The van der Waals surface area contributed by atoms with Gasteiger partial charge >= 0.3 is 0 Å². The summed E-state index contributed by atoms with van der Waals surface area (Å²) >= 11 is 1.43. The van der Waals surface area contributed by atoms with Gasteiger partial charge in [0.2, 0.25) is 17.0 Å². The summed E-state index contributed by atoms with van der Waals surface area (Å²) in [6, 6.07) is 9.33. The van der Waals surface area contributed by atoms with E-state index in [9.17, 15) is 9.59 Å². The normalized spacial score (nSPS) is 10.8. The van der Waals surface area contributed by atoms with Gasteiger partial charge in [-0.2, -0.15) is 4.98 Å². The van der Waals surface area contributed by atoms with E-state index in [0.29, 0.717) is 16.6 Å². The number of hydrogen-bond acceptors (Lipinski definition) is 6. The SMILES string of the molecule is CSc1nc2nc(C)c(CC(=O)NNC(=O)Cc3ccccc3)c(C)n2n1. The average molecular weight is 384 g/mol. The van der Waals surface area contributed by atoms with Crippen LogP contribution in [0.3, 0.4) is 0 Å². The molecule has 0 fully saturated rings.